The molecule has 0 fully saturated rings. The number of nitrogens with one attached hydrogen (secondary N) is 1. The Morgan fingerprint density at radius 2 is 2.06 bits per heavy atom. The number of hydrogen-bond acceptors (Lipinski definition) is 5. The summed E-state index contributed by atoms with van der Waals surface area (Å²) in [4.78, 5) is 10.8. The molecule has 1 heterocycles. The van der Waals surface area contributed by atoms with Crippen molar-refractivity contribution in [2.24, 2.45) is 0 Å². The fourth-order valence-corrected chi connectivity index (χ4v) is 2.96. The van der Waals surface area contributed by atoms with Crippen molar-refractivity contribution in [1.82, 2.24) is 14.8 Å². The minimum absolute atomic E-state index is 0.0906. The van der Waals surface area contributed by atoms with Crippen molar-refractivity contribution >= 4 is 15.9 Å². The van der Waals surface area contributed by atoms with E-state index in [9.17, 15) is 13.2 Å². The first kappa shape index (κ1) is 14.7. The van der Waals surface area contributed by atoms with E-state index in [1.54, 1.807) is 13.8 Å². The minimum atomic E-state index is -3.63. The molecular weight excluding hydrogens is 258 g/mol. The SMILES string of the molecule is CC(=O)NCCN(C)S(=O)(=O)c1c(C)noc1C. The van der Waals surface area contributed by atoms with Crippen LogP contribution in [0.4, 0.5) is 0 Å². The quantitative estimate of drug-likeness (QED) is 0.819. The van der Waals surface area contributed by atoms with Crippen molar-refractivity contribution in [1.29, 1.82) is 0 Å². The standard InChI is InChI=1S/C10H17N3O4S/c1-7-10(8(2)17-12-7)18(15,16)13(4)6-5-11-9(3)14/h5-6H2,1-4H3,(H,11,14). The molecule has 7 nitrogen and oxygen atoms in total. The van der Waals surface area contributed by atoms with Crippen LogP contribution >= 0.6 is 0 Å². The molecular formula is C10H17N3O4S. The third-order valence-corrected chi connectivity index (χ3v) is 4.54. The lowest BCUT2D eigenvalue weighted by Gasteiger charge is -2.16. The van der Waals surface area contributed by atoms with E-state index in [1.165, 1.54) is 14.0 Å². The second-order valence-electron chi connectivity index (χ2n) is 3.96. The predicted molar refractivity (Wildman–Crippen MR) is 64.5 cm³/mol. The van der Waals surface area contributed by atoms with Crippen molar-refractivity contribution in [2.45, 2.75) is 25.7 Å². The summed E-state index contributed by atoms with van der Waals surface area (Å²) in [5.74, 6) is 0.0667. The Morgan fingerprint density at radius 3 is 2.50 bits per heavy atom. The molecule has 1 N–H and O–H groups in total. The molecule has 0 saturated heterocycles. The summed E-state index contributed by atoms with van der Waals surface area (Å²) in [6.45, 7) is 4.95. The molecule has 8 heteroatoms. The van der Waals surface area contributed by atoms with Gasteiger partial charge in [0, 0.05) is 27.1 Å². The van der Waals surface area contributed by atoms with Crippen LogP contribution in [0.5, 0.6) is 0 Å². The lowest BCUT2D eigenvalue weighted by Crippen LogP contribution is -2.35. The summed E-state index contributed by atoms with van der Waals surface area (Å²) in [5, 5.41) is 6.16. The zero-order valence-corrected chi connectivity index (χ0v) is 11.7. The van der Waals surface area contributed by atoms with E-state index in [0.29, 0.717) is 5.69 Å². The van der Waals surface area contributed by atoms with Crippen LogP contribution in [-0.2, 0) is 14.8 Å². The highest BCUT2D eigenvalue weighted by molar-refractivity contribution is 7.89. The van der Waals surface area contributed by atoms with E-state index in [2.05, 4.69) is 10.5 Å². The fourth-order valence-electron chi connectivity index (χ4n) is 1.51. The van der Waals surface area contributed by atoms with Gasteiger partial charge in [-0.15, -0.1) is 0 Å². The van der Waals surface area contributed by atoms with Gasteiger partial charge in [-0.25, -0.2) is 8.42 Å². The predicted octanol–water partition coefficient (Wildman–Crippen LogP) is 0.0480. The summed E-state index contributed by atoms with van der Waals surface area (Å²) in [6.07, 6.45) is 0. The topological polar surface area (TPSA) is 92.5 Å². The second-order valence-corrected chi connectivity index (χ2v) is 5.94. The highest BCUT2D eigenvalue weighted by Crippen LogP contribution is 2.21. The van der Waals surface area contributed by atoms with Crippen LogP contribution in [0.15, 0.2) is 9.42 Å². The highest BCUT2D eigenvalue weighted by atomic mass is 32.2. The van der Waals surface area contributed by atoms with Gasteiger partial charge in [0.15, 0.2) is 5.76 Å². The van der Waals surface area contributed by atoms with Gasteiger partial charge in [-0.05, 0) is 13.8 Å². The van der Waals surface area contributed by atoms with Gasteiger partial charge in [-0.2, -0.15) is 4.31 Å². The van der Waals surface area contributed by atoms with Crippen molar-refractivity contribution in [3.05, 3.63) is 11.5 Å². The van der Waals surface area contributed by atoms with Crippen LogP contribution in [-0.4, -0.2) is 43.9 Å². The number of aryl methyl sites for hydroxylation is 2. The molecule has 1 rings (SSSR count). The van der Waals surface area contributed by atoms with Crippen molar-refractivity contribution < 1.29 is 17.7 Å². The Hall–Kier alpha value is -1.41. The summed E-state index contributed by atoms with van der Waals surface area (Å²) >= 11 is 0. The van der Waals surface area contributed by atoms with Gasteiger partial charge in [0.1, 0.15) is 10.6 Å². The molecule has 1 amide bonds. The van der Waals surface area contributed by atoms with Crippen LogP contribution in [0, 0.1) is 13.8 Å². The number of rotatable bonds is 5. The zero-order chi connectivity index (χ0) is 13.9. The third-order valence-electron chi connectivity index (χ3n) is 2.44. The van der Waals surface area contributed by atoms with Crippen molar-refractivity contribution in [3.63, 3.8) is 0 Å². The summed E-state index contributed by atoms with van der Waals surface area (Å²) < 4.78 is 30.5. The molecule has 0 spiro atoms. The largest absolute Gasteiger partial charge is 0.360 e. The Labute approximate surface area is 106 Å². The average molecular weight is 275 g/mol. The van der Waals surface area contributed by atoms with Gasteiger partial charge in [0.25, 0.3) is 0 Å². The van der Waals surface area contributed by atoms with Crippen molar-refractivity contribution in [2.75, 3.05) is 20.1 Å². The molecule has 0 saturated carbocycles. The Morgan fingerprint density at radius 1 is 1.44 bits per heavy atom. The maximum Gasteiger partial charge on any atom is 0.248 e. The second kappa shape index (κ2) is 5.49. The molecule has 1 aromatic heterocycles. The van der Waals surface area contributed by atoms with Crippen LogP contribution < -0.4 is 5.32 Å². The lowest BCUT2D eigenvalue weighted by molar-refractivity contribution is -0.118. The minimum Gasteiger partial charge on any atom is -0.360 e. The molecule has 0 bridgehead atoms. The Bertz CT molecular complexity index is 516. The molecule has 0 aliphatic rings. The normalized spacial score (nSPS) is 11.8. The maximum absolute atomic E-state index is 12.2. The monoisotopic (exact) mass is 275 g/mol. The molecule has 1 aromatic rings. The number of sulfonamides is 1. The number of carbonyl (C=O) groups is 1. The lowest BCUT2D eigenvalue weighted by atomic mass is 10.4. The van der Waals surface area contributed by atoms with Gasteiger partial charge < -0.3 is 9.84 Å². The van der Waals surface area contributed by atoms with Gasteiger partial charge >= 0.3 is 0 Å². The first-order chi connectivity index (χ1) is 8.26. The Balaban J connectivity index is 2.84. The van der Waals surface area contributed by atoms with Gasteiger partial charge in [-0.3, -0.25) is 4.79 Å². The average Bonchev–Trinajstić information content (AvgIpc) is 2.58. The van der Waals surface area contributed by atoms with E-state index >= 15 is 0 Å². The number of amides is 1. The van der Waals surface area contributed by atoms with Crippen LogP contribution in [0.25, 0.3) is 0 Å². The summed E-state index contributed by atoms with van der Waals surface area (Å²) in [6, 6.07) is 0. The zero-order valence-electron chi connectivity index (χ0n) is 10.8. The van der Waals surface area contributed by atoms with Gasteiger partial charge in [0.2, 0.25) is 15.9 Å². The van der Waals surface area contributed by atoms with E-state index in [4.69, 9.17) is 4.52 Å². The van der Waals surface area contributed by atoms with Crippen LogP contribution in [0.1, 0.15) is 18.4 Å². The molecule has 0 unspecified atom stereocenters. The smallest absolute Gasteiger partial charge is 0.248 e. The number of hydrogen-bond donors (Lipinski definition) is 1. The molecule has 0 aliphatic heterocycles. The van der Waals surface area contributed by atoms with Crippen LogP contribution in [0.3, 0.4) is 0 Å². The van der Waals surface area contributed by atoms with Gasteiger partial charge in [0.05, 0.1) is 0 Å². The summed E-state index contributed by atoms with van der Waals surface area (Å²) in [7, 11) is -2.18. The molecule has 0 atom stereocenters. The number of aromatic nitrogens is 1. The fraction of sp³-hybridized carbons (Fsp3) is 0.600. The van der Waals surface area contributed by atoms with Gasteiger partial charge in [-0.1, -0.05) is 5.16 Å². The van der Waals surface area contributed by atoms with E-state index in [0.717, 1.165) is 4.31 Å². The molecule has 18 heavy (non-hydrogen) atoms. The highest BCUT2D eigenvalue weighted by Gasteiger charge is 2.28. The van der Waals surface area contributed by atoms with Crippen LogP contribution in [0.2, 0.25) is 0 Å². The van der Waals surface area contributed by atoms with Crippen molar-refractivity contribution in [3.8, 4) is 0 Å². The number of likely N-dealkylation sites (N-methyl/N-ethyl adjacent to an activating group) is 1. The Kier molecular flexibility index (Phi) is 4.47. The molecule has 0 radical (unpaired) electrons. The molecule has 102 valence electrons. The molecule has 0 aromatic carbocycles. The van der Waals surface area contributed by atoms with E-state index < -0.39 is 10.0 Å². The third kappa shape index (κ3) is 3.08. The first-order valence-corrected chi connectivity index (χ1v) is 6.84. The van der Waals surface area contributed by atoms with E-state index in [-0.39, 0.29) is 29.7 Å². The van der Waals surface area contributed by atoms with E-state index in [1.807, 2.05) is 0 Å². The first-order valence-electron chi connectivity index (χ1n) is 5.40. The number of nitrogens with zero attached hydrogens (tertiary/aromatic N) is 2. The maximum atomic E-state index is 12.2. The molecule has 0 aliphatic carbocycles. The summed E-state index contributed by atoms with van der Waals surface area (Å²) in [5.41, 5.74) is 0.332. The number of carbonyl (C=O) groups excluding carboxylic acids is 1.